The Hall–Kier alpha value is -3.96. The van der Waals surface area contributed by atoms with Gasteiger partial charge < -0.3 is 29.7 Å². The molecule has 5 heterocycles. The second-order valence-electron chi connectivity index (χ2n) is 9.29. The van der Waals surface area contributed by atoms with Crippen LogP contribution in [0.2, 0.25) is 0 Å². The Morgan fingerprint density at radius 2 is 2.02 bits per heavy atom. The van der Waals surface area contributed by atoms with Crippen molar-refractivity contribution in [3.8, 4) is 11.8 Å². The highest BCUT2D eigenvalue weighted by molar-refractivity contribution is 8.00. The van der Waals surface area contributed by atoms with Crippen LogP contribution in [0.1, 0.15) is 22.3 Å². The van der Waals surface area contributed by atoms with Crippen LogP contribution in [-0.2, 0) is 0 Å². The highest BCUT2D eigenvalue weighted by Gasteiger charge is 2.33. The molecular formula is C26H26F4N8OS. The van der Waals surface area contributed by atoms with Gasteiger partial charge >= 0.3 is 5.51 Å². The van der Waals surface area contributed by atoms with E-state index in [1.54, 1.807) is 29.1 Å². The van der Waals surface area contributed by atoms with Gasteiger partial charge in [0.15, 0.2) is 11.5 Å². The van der Waals surface area contributed by atoms with Crippen molar-refractivity contribution in [1.82, 2.24) is 29.0 Å². The maximum atomic E-state index is 14.7. The second-order valence-corrected chi connectivity index (χ2v) is 10.3. The molecule has 4 aromatic rings. The quantitative estimate of drug-likeness (QED) is 0.183. The monoisotopic (exact) mass is 574 g/mol. The van der Waals surface area contributed by atoms with Gasteiger partial charge in [0.2, 0.25) is 0 Å². The summed E-state index contributed by atoms with van der Waals surface area (Å²) in [6.45, 7) is 1.03. The van der Waals surface area contributed by atoms with E-state index in [4.69, 9.17) is 0 Å². The normalized spacial score (nSPS) is 17.9. The van der Waals surface area contributed by atoms with Crippen molar-refractivity contribution < 1.29 is 22.4 Å². The SMILES string of the molecule is CNC(=O)c1cc(NCC#Cc2cc3c(N[C@@H]4CCN(C)C[C@@H]4F)nccn3c2SC(F)(F)F)c2nccn2c1. The Labute approximate surface area is 231 Å². The maximum absolute atomic E-state index is 14.7. The summed E-state index contributed by atoms with van der Waals surface area (Å²) in [5, 5.41) is 8.64. The minimum absolute atomic E-state index is 0.0739. The molecule has 0 saturated carbocycles. The highest BCUT2D eigenvalue weighted by atomic mass is 32.2. The number of aromatic nitrogens is 4. The van der Waals surface area contributed by atoms with Crippen LogP contribution in [0.4, 0.5) is 29.1 Å². The van der Waals surface area contributed by atoms with E-state index in [1.165, 1.54) is 29.9 Å². The lowest BCUT2D eigenvalue weighted by molar-refractivity contribution is -0.0329. The fraction of sp³-hybridized carbons (Fsp3) is 0.346. The number of pyridine rings is 1. The Morgan fingerprint density at radius 3 is 2.77 bits per heavy atom. The van der Waals surface area contributed by atoms with Crippen LogP contribution in [0, 0.1) is 11.8 Å². The number of hydrogen-bond acceptors (Lipinski definition) is 7. The maximum Gasteiger partial charge on any atom is 0.447 e. The van der Waals surface area contributed by atoms with Crippen molar-refractivity contribution in [3.05, 3.63) is 54.2 Å². The molecule has 40 heavy (non-hydrogen) atoms. The number of nitrogens with zero attached hydrogens (tertiary/aromatic N) is 5. The molecule has 0 radical (unpaired) electrons. The van der Waals surface area contributed by atoms with E-state index in [0.717, 1.165) is 0 Å². The molecule has 2 atom stereocenters. The van der Waals surface area contributed by atoms with E-state index < -0.39 is 17.7 Å². The van der Waals surface area contributed by atoms with Gasteiger partial charge in [-0.1, -0.05) is 11.8 Å². The van der Waals surface area contributed by atoms with E-state index in [9.17, 15) is 22.4 Å². The number of fused-ring (bicyclic) bond motifs is 2. The van der Waals surface area contributed by atoms with Crippen LogP contribution in [0.15, 0.2) is 48.1 Å². The molecular weight excluding hydrogens is 548 g/mol. The van der Waals surface area contributed by atoms with E-state index in [2.05, 4.69) is 37.8 Å². The Balaban J connectivity index is 1.43. The number of likely N-dealkylation sites (tertiary alicyclic amines) is 1. The molecule has 0 aliphatic carbocycles. The van der Waals surface area contributed by atoms with Crippen molar-refractivity contribution in [2.45, 2.75) is 29.2 Å². The third-order valence-electron chi connectivity index (χ3n) is 6.50. The number of thioether (sulfide) groups is 1. The number of amides is 1. The van der Waals surface area contributed by atoms with Crippen molar-refractivity contribution in [2.75, 3.05) is 44.4 Å². The molecule has 0 unspecified atom stereocenters. The fourth-order valence-electron chi connectivity index (χ4n) is 4.60. The lowest BCUT2D eigenvalue weighted by Gasteiger charge is -2.33. The number of anilines is 2. The number of hydrogen-bond donors (Lipinski definition) is 3. The first kappa shape index (κ1) is 27.6. The molecule has 9 nitrogen and oxygen atoms in total. The second kappa shape index (κ2) is 11.3. The molecule has 3 N–H and O–H groups in total. The standard InChI is InChI=1S/C26H26F4N8OS/c1-31-24(39)17-12-20(23-34-7-10-37(23)14-17)32-6-3-4-16-13-21-22(35-19-5-9-36(2)15-18(19)27)33-8-11-38(21)25(16)40-26(28,29)30/h7-8,10-14,18-19,32H,5-6,9,15H2,1-2H3,(H,31,39)(H,33,35)/t18-,19+/m0/s1. The first-order chi connectivity index (χ1) is 19.1. The van der Waals surface area contributed by atoms with Gasteiger partial charge in [0.05, 0.1) is 34.9 Å². The number of nitrogens with one attached hydrogen (secondary N) is 3. The number of carbonyl (C=O) groups is 1. The number of halogens is 4. The molecule has 1 saturated heterocycles. The predicted octanol–water partition coefficient (Wildman–Crippen LogP) is 3.87. The third-order valence-corrected chi connectivity index (χ3v) is 7.34. The molecule has 0 spiro atoms. The van der Waals surface area contributed by atoms with Crippen molar-refractivity contribution in [2.24, 2.45) is 0 Å². The number of piperidine rings is 1. The van der Waals surface area contributed by atoms with E-state index in [-0.39, 0.29) is 41.3 Å². The fourth-order valence-corrected chi connectivity index (χ4v) is 5.29. The third kappa shape index (κ3) is 5.95. The molecule has 210 valence electrons. The smallest absolute Gasteiger partial charge is 0.371 e. The van der Waals surface area contributed by atoms with Gasteiger partial charge in [-0.15, -0.1) is 0 Å². The summed E-state index contributed by atoms with van der Waals surface area (Å²) in [6.07, 6.45) is 7.13. The first-order valence-electron chi connectivity index (χ1n) is 12.4. The van der Waals surface area contributed by atoms with Crippen LogP contribution in [-0.4, -0.2) is 81.0 Å². The zero-order chi connectivity index (χ0) is 28.4. The molecule has 1 fully saturated rings. The number of alkyl halides is 4. The summed E-state index contributed by atoms with van der Waals surface area (Å²) >= 11 is -0.270. The van der Waals surface area contributed by atoms with E-state index >= 15 is 0 Å². The summed E-state index contributed by atoms with van der Waals surface area (Å²) in [6, 6.07) is 2.65. The van der Waals surface area contributed by atoms with Gasteiger partial charge in [-0.25, -0.2) is 14.4 Å². The van der Waals surface area contributed by atoms with Crippen molar-refractivity contribution in [1.29, 1.82) is 0 Å². The van der Waals surface area contributed by atoms with Crippen LogP contribution >= 0.6 is 11.8 Å². The lowest BCUT2D eigenvalue weighted by atomic mass is 10.0. The van der Waals surface area contributed by atoms with Gasteiger partial charge in [-0.3, -0.25) is 4.79 Å². The molecule has 0 bridgehead atoms. The molecule has 1 aliphatic rings. The highest BCUT2D eigenvalue weighted by Crippen LogP contribution is 2.40. The molecule has 5 rings (SSSR count). The van der Waals surface area contributed by atoms with Gasteiger partial charge in [0.1, 0.15) is 11.2 Å². The molecule has 14 heteroatoms. The number of imidazole rings is 1. The summed E-state index contributed by atoms with van der Waals surface area (Å²) in [7, 11) is 3.36. The number of rotatable bonds is 6. The van der Waals surface area contributed by atoms with Gasteiger partial charge in [-0.2, -0.15) is 13.2 Å². The van der Waals surface area contributed by atoms with Crippen LogP contribution in [0.25, 0.3) is 11.2 Å². The van der Waals surface area contributed by atoms with Gasteiger partial charge in [0.25, 0.3) is 5.91 Å². The summed E-state index contributed by atoms with van der Waals surface area (Å²) in [4.78, 5) is 22.6. The topological polar surface area (TPSA) is 91.0 Å². The Bertz CT molecular complexity index is 1610. The average molecular weight is 575 g/mol. The van der Waals surface area contributed by atoms with Crippen molar-refractivity contribution in [3.63, 3.8) is 0 Å². The Morgan fingerprint density at radius 1 is 1.23 bits per heavy atom. The summed E-state index contributed by atoms with van der Waals surface area (Å²) in [5.41, 5.74) is -2.51. The largest absolute Gasteiger partial charge is 0.447 e. The van der Waals surface area contributed by atoms with Crippen LogP contribution < -0.4 is 16.0 Å². The van der Waals surface area contributed by atoms with E-state index in [0.29, 0.717) is 41.2 Å². The summed E-state index contributed by atoms with van der Waals surface area (Å²) < 4.78 is 58.2. The molecule has 0 aromatic carbocycles. The van der Waals surface area contributed by atoms with Crippen LogP contribution in [0.3, 0.4) is 0 Å². The van der Waals surface area contributed by atoms with Gasteiger partial charge in [0, 0.05) is 62.9 Å². The molecule has 1 aliphatic heterocycles. The zero-order valence-electron chi connectivity index (χ0n) is 21.6. The van der Waals surface area contributed by atoms with Crippen molar-refractivity contribution >= 4 is 40.3 Å². The summed E-state index contributed by atoms with van der Waals surface area (Å²) in [5.74, 6) is 5.72. The minimum Gasteiger partial charge on any atom is -0.371 e. The lowest BCUT2D eigenvalue weighted by Crippen LogP contribution is -2.46. The zero-order valence-corrected chi connectivity index (χ0v) is 22.4. The Kier molecular flexibility index (Phi) is 7.77. The predicted molar refractivity (Wildman–Crippen MR) is 145 cm³/mol. The van der Waals surface area contributed by atoms with Crippen LogP contribution in [0.5, 0.6) is 0 Å². The van der Waals surface area contributed by atoms with Gasteiger partial charge in [-0.05, 0) is 25.6 Å². The average Bonchev–Trinajstić information content (AvgIpc) is 3.52. The minimum atomic E-state index is -4.55. The molecule has 4 aromatic heterocycles. The molecule has 1 amide bonds. The van der Waals surface area contributed by atoms with E-state index in [1.807, 2.05) is 11.9 Å². The first-order valence-corrected chi connectivity index (χ1v) is 13.2. The number of carbonyl (C=O) groups excluding carboxylic acids is 1.